The third-order valence-corrected chi connectivity index (χ3v) is 3.90. The number of rotatable bonds is 13. The number of carbonyl (C=O) groups is 6. The number of amides is 1. The Bertz CT molecular complexity index is 748. The van der Waals surface area contributed by atoms with Crippen molar-refractivity contribution in [1.82, 2.24) is 5.32 Å². The van der Waals surface area contributed by atoms with Crippen molar-refractivity contribution in [3.8, 4) is 0 Å². The molecule has 0 aromatic rings. The molecule has 12 nitrogen and oxygen atoms in total. The maximum Gasteiger partial charge on any atom is 0.303 e. The Morgan fingerprint density at radius 3 is 1.55 bits per heavy atom. The summed E-state index contributed by atoms with van der Waals surface area (Å²) >= 11 is 0. The summed E-state index contributed by atoms with van der Waals surface area (Å²) in [6, 6.07) is -1.27. The first-order valence-electron chi connectivity index (χ1n) is 9.98. The lowest BCUT2D eigenvalue weighted by Gasteiger charge is -2.38. The Labute approximate surface area is 191 Å². The van der Waals surface area contributed by atoms with Gasteiger partial charge in [0.15, 0.2) is 18.3 Å². The van der Waals surface area contributed by atoms with Crippen LogP contribution in [0.15, 0.2) is 12.7 Å². The zero-order valence-corrected chi connectivity index (χ0v) is 19.6. The summed E-state index contributed by atoms with van der Waals surface area (Å²) in [5.74, 6) is -4.54. The molecule has 0 aromatic heterocycles. The van der Waals surface area contributed by atoms with E-state index >= 15 is 0 Å². The van der Waals surface area contributed by atoms with Gasteiger partial charge in [-0.3, -0.25) is 28.8 Å². The Hall–Kier alpha value is -3.44. The second kappa shape index (κ2) is 14.6. The van der Waals surface area contributed by atoms with Crippen LogP contribution in [0.2, 0.25) is 0 Å². The maximum atomic E-state index is 12.0. The predicted octanol–water partition coefficient (Wildman–Crippen LogP) is 0.357. The summed E-state index contributed by atoms with van der Waals surface area (Å²) in [4.78, 5) is 70.5. The van der Waals surface area contributed by atoms with Gasteiger partial charge in [-0.15, -0.1) is 6.58 Å². The Morgan fingerprint density at radius 2 is 1.15 bits per heavy atom. The highest BCUT2D eigenvalue weighted by Crippen LogP contribution is 2.22. The van der Waals surface area contributed by atoms with E-state index in [1.165, 1.54) is 13.0 Å². The van der Waals surface area contributed by atoms with E-state index in [2.05, 4.69) is 11.9 Å². The van der Waals surface area contributed by atoms with E-state index in [0.29, 0.717) is 0 Å². The van der Waals surface area contributed by atoms with Crippen LogP contribution in [0.5, 0.6) is 0 Å². The van der Waals surface area contributed by atoms with E-state index in [1.54, 1.807) is 0 Å². The van der Waals surface area contributed by atoms with Crippen LogP contribution in [0.3, 0.4) is 0 Å². The lowest BCUT2D eigenvalue weighted by Crippen LogP contribution is -2.60. The Balaban J connectivity index is 6.66. The number of hydrogen-bond donors (Lipinski definition) is 1. The lowest BCUT2D eigenvalue weighted by atomic mass is 9.94. The SMILES string of the molecule is C=CC[C@H](OC(C)=O)[C@@H](NC(C)=O)[C@@H](OC(C)=O)[C@H](OC(C)=O)[C@@H](COC(C)=O)OC(C)=O. The highest BCUT2D eigenvalue weighted by atomic mass is 16.6. The molecule has 0 aromatic carbocycles. The largest absolute Gasteiger partial charge is 0.462 e. The second-order valence-corrected chi connectivity index (χ2v) is 7.00. The molecule has 0 fully saturated rings. The van der Waals surface area contributed by atoms with Crippen LogP contribution in [0.4, 0.5) is 0 Å². The van der Waals surface area contributed by atoms with E-state index in [1.807, 2.05) is 0 Å². The second-order valence-electron chi connectivity index (χ2n) is 7.00. The molecule has 0 radical (unpaired) electrons. The Kier molecular flexibility index (Phi) is 13.1. The van der Waals surface area contributed by atoms with Crippen molar-refractivity contribution in [3.05, 3.63) is 12.7 Å². The van der Waals surface area contributed by atoms with Crippen molar-refractivity contribution >= 4 is 35.8 Å². The highest BCUT2D eigenvalue weighted by molar-refractivity contribution is 5.74. The summed E-state index contributed by atoms with van der Waals surface area (Å²) in [5, 5.41) is 2.52. The van der Waals surface area contributed by atoms with Crippen LogP contribution in [0.25, 0.3) is 0 Å². The number of hydrogen-bond acceptors (Lipinski definition) is 11. The molecule has 0 aliphatic rings. The van der Waals surface area contributed by atoms with Gasteiger partial charge in [0.25, 0.3) is 0 Å². The maximum absolute atomic E-state index is 12.0. The molecule has 1 amide bonds. The van der Waals surface area contributed by atoms with Crippen LogP contribution in [-0.4, -0.2) is 72.8 Å². The van der Waals surface area contributed by atoms with Crippen molar-refractivity contribution in [2.45, 2.75) is 78.4 Å². The van der Waals surface area contributed by atoms with Gasteiger partial charge in [-0.05, 0) is 0 Å². The van der Waals surface area contributed by atoms with Gasteiger partial charge in [0.05, 0.1) is 0 Å². The normalized spacial score (nSPS) is 14.8. The molecule has 0 spiro atoms. The topological polar surface area (TPSA) is 161 Å². The molecular formula is C21H31NO11. The molecule has 0 saturated heterocycles. The first-order valence-corrected chi connectivity index (χ1v) is 9.98. The number of carbonyl (C=O) groups excluding carboxylic acids is 6. The predicted molar refractivity (Wildman–Crippen MR) is 111 cm³/mol. The van der Waals surface area contributed by atoms with Gasteiger partial charge in [-0.2, -0.15) is 0 Å². The molecule has 0 bridgehead atoms. The third kappa shape index (κ3) is 12.2. The van der Waals surface area contributed by atoms with Crippen molar-refractivity contribution in [2.24, 2.45) is 0 Å². The van der Waals surface area contributed by atoms with Gasteiger partial charge in [0.1, 0.15) is 18.8 Å². The van der Waals surface area contributed by atoms with Crippen molar-refractivity contribution in [3.63, 3.8) is 0 Å². The minimum atomic E-state index is -1.56. The molecular weight excluding hydrogens is 442 g/mol. The summed E-state index contributed by atoms with van der Waals surface area (Å²) in [6.07, 6.45) is -4.22. The molecule has 5 atom stereocenters. The van der Waals surface area contributed by atoms with Crippen molar-refractivity contribution in [2.75, 3.05) is 6.61 Å². The minimum Gasteiger partial charge on any atom is -0.462 e. The number of ether oxygens (including phenoxy) is 5. The number of esters is 5. The van der Waals surface area contributed by atoms with E-state index in [0.717, 1.165) is 34.6 Å². The van der Waals surface area contributed by atoms with Crippen LogP contribution < -0.4 is 5.32 Å². The smallest absolute Gasteiger partial charge is 0.303 e. The van der Waals surface area contributed by atoms with Crippen LogP contribution in [0, 0.1) is 0 Å². The fourth-order valence-electron chi connectivity index (χ4n) is 2.96. The first-order chi connectivity index (χ1) is 15.3. The third-order valence-electron chi connectivity index (χ3n) is 3.90. The van der Waals surface area contributed by atoms with Gasteiger partial charge in [-0.1, -0.05) is 6.08 Å². The standard InChI is InChI=1S/C21H31NO11/c1-8-9-17(30-13(4)25)19(22-11(2)23)21(33-16(7)28)20(32-15(6)27)18(31-14(5)26)10-29-12(3)24/h8,17-21H,1,9-10H2,2-7H3,(H,22,23)/t17-,18+,19+,20+,21+/m0/s1. The molecule has 0 rings (SSSR count). The van der Waals surface area contributed by atoms with Crippen LogP contribution >= 0.6 is 0 Å². The molecule has 0 unspecified atom stereocenters. The molecule has 0 saturated carbocycles. The molecule has 33 heavy (non-hydrogen) atoms. The fourth-order valence-corrected chi connectivity index (χ4v) is 2.96. The molecule has 0 aliphatic heterocycles. The lowest BCUT2D eigenvalue weighted by molar-refractivity contribution is -0.195. The summed E-state index contributed by atoms with van der Waals surface area (Å²) in [6.45, 7) is 9.61. The van der Waals surface area contributed by atoms with E-state index < -0.39 is 72.8 Å². The molecule has 0 aliphatic carbocycles. The zero-order valence-electron chi connectivity index (χ0n) is 19.6. The van der Waals surface area contributed by atoms with Crippen LogP contribution in [0.1, 0.15) is 48.0 Å². The average Bonchev–Trinajstić information content (AvgIpc) is 2.64. The highest BCUT2D eigenvalue weighted by Gasteiger charge is 2.46. The molecule has 12 heteroatoms. The van der Waals surface area contributed by atoms with Crippen LogP contribution in [-0.2, 0) is 52.5 Å². The van der Waals surface area contributed by atoms with E-state index in [-0.39, 0.29) is 6.42 Å². The van der Waals surface area contributed by atoms with Gasteiger partial charge >= 0.3 is 29.8 Å². The molecule has 1 N–H and O–H groups in total. The monoisotopic (exact) mass is 473 g/mol. The van der Waals surface area contributed by atoms with Gasteiger partial charge < -0.3 is 29.0 Å². The molecule has 186 valence electrons. The summed E-state index contributed by atoms with van der Waals surface area (Å²) in [5.41, 5.74) is 0. The van der Waals surface area contributed by atoms with Crippen molar-refractivity contribution in [1.29, 1.82) is 0 Å². The summed E-state index contributed by atoms with van der Waals surface area (Å²) < 4.78 is 26.0. The Morgan fingerprint density at radius 1 is 0.697 bits per heavy atom. The zero-order chi connectivity index (χ0) is 25.7. The first kappa shape index (κ1) is 29.6. The van der Waals surface area contributed by atoms with Gasteiger partial charge in [0, 0.05) is 48.0 Å². The van der Waals surface area contributed by atoms with Crippen molar-refractivity contribution < 1.29 is 52.5 Å². The number of nitrogens with one attached hydrogen (secondary N) is 1. The minimum absolute atomic E-state index is 0.0112. The summed E-state index contributed by atoms with van der Waals surface area (Å²) in [7, 11) is 0. The van der Waals surface area contributed by atoms with E-state index in [9.17, 15) is 28.8 Å². The fraction of sp³-hybridized carbons (Fsp3) is 0.619. The quantitative estimate of drug-likeness (QED) is 0.223. The van der Waals surface area contributed by atoms with E-state index in [4.69, 9.17) is 23.7 Å². The average molecular weight is 473 g/mol. The van der Waals surface area contributed by atoms with Gasteiger partial charge in [-0.25, -0.2) is 0 Å². The van der Waals surface area contributed by atoms with Gasteiger partial charge in [0.2, 0.25) is 5.91 Å². The molecule has 0 heterocycles.